The fourth-order valence-electron chi connectivity index (χ4n) is 1.18. The molecule has 0 bridgehead atoms. The minimum absolute atomic E-state index is 0.0521. The number of carbonyl (C=O) groups is 2. The predicted octanol–water partition coefficient (Wildman–Crippen LogP) is 2.41. The lowest BCUT2D eigenvalue weighted by molar-refractivity contribution is -0.141. The zero-order valence-electron chi connectivity index (χ0n) is 9.93. The van der Waals surface area contributed by atoms with Crippen LogP contribution in [0.5, 0.6) is 0 Å². The fourth-order valence-corrected chi connectivity index (χ4v) is 1.69. The summed E-state index contributed by atoms with van der Waals surface area (Å²) in [7, 11) is 0. The van der Waals surface area contributed by atoms with Crippen LogP contribution in [-0.4, -0.2) is 25.2 Å². The molecule has 0 radical (unpaired) electrons. The van der Waals surface area contributed by atoms with Crippen molar-refractivity contribution in [2.75, 3.05) is 18.5 Å². The van der Waals surface area contributed by atoms with Crippen molar-refractivity contribution in [3.8, 4) is 0 Å². The topological polar surface area (TPSA) is 67.4 Å². The average Bonchev–Trinajstić information content (AvgIpc) is 2.31. The molecule has 19 heavy (non-hydrogen) atoms. The van der Waals surface area contributed by atoms with E-state index in [1.54, 1.807) is 6.92 Å². The van der Waals surface area contributed by atoms with Crippen molar-refractivity contribution in [3.63, 3.8) is 0 Å². The molecule has 0 aromatic heterocycles. The molecule has 1 aromatic carbocycles. The molecule has 1 rings (SSSR count). The van der Waals surface area contributed by atoms with Gasteiger partial charge < -0.3 is 15.4 Å². The molecule has 1 aromatic rings. The van der Waals surface area contributed by atoms with Gasteiger partial charge in [-0.25, -0.2) is 13.6 Å². The van der Waals surface area contributed by atoms with Crippen molar-refractivity contribution in [2.24, 2.45) is 0 Å². The van der Waals surface area contributed by atoms with Crippen LogP contribution in [0.1, 0.15) is 6.92 Å². The normalized spacial score (nSPS) is 9.89. The molecule has 0 saturated carbocycles. The van der Waals surface area contributed by atoms with Crippen LogP contribution in [0.4, 0.5) is 19.3 Å². The first-order valence-corrected chi connectivity index (χ1v) is 6.08. The van der Waals surface area contributed by atoms with E-state index >= 15 is 0 Å². The van der Waals surface area contributed by atoms with E-state index in [-0.39, 0.29) is 23.3 Å². The second kappa shape index (κ2) is 7.03. The molecule has 0 unspecified atom stereocenters. The number of ether oxygens (including phenoxy) is 1. The van der Waals surface area contributed by atoms with Gasteiger partial charge in [-0.05, 0) is 28.9 Å². The number of urea groups is 1. The van der Waals surface area contributed by atoms with Crippen molar-refractivity contribution in [1.82, 2.24) is 5.32 Å². The maximum Gasteiger partial charge on any atom is 0.325 e. The first-order chi connectivity index (χ1) is 8.93. The Kier molecular flexibility index (Phi) is 5.68. The summed E-state index contributed by atoms with van der Waals surface area (Å²) in [5.41, 5.74) is -0.220. The number of hydrogen-bond donors (Lipinski definition) is 2. The van der Waals surface area contributed by atoms with E-state index in [9.17, 15) is 18.4 Å². The highest BCUT2D eigenvalue weighted by molar-refractivity contribution is 9.10. The third kappa shape index (κ3) is 4.82. The molecule has 0 aliphatic carbocycles. The standard InChI is InChI=1S/C11H11BrF2N2O3/c1-2-19-9(17)5-15-11(18)16-10-7(12)3-6(13)4-8(10)14/h3-4H,2,5H2,1H3,(H2,15,16,18). The largest absolute Gasteiger partial charge is 0.465 e. The highest BCUT2D eigenvalue weighted by Gasteiger charge is 2.13. The highest BCUT2D eigenvalue weighted by atomic mass is 79.9. The van der Waals surface area contributed by atoms with Gasteiger partial charge in [0, 0.05) is 10.5 Å². The third-order valence-electron chi connectivity index (χ3n) is 1.94. The third-order valence-corrected chi connectivity index (χ3v) is 2.57. The average molecular weight is 337 g/mol. The van der Waals surface area contributed by atoms with E-state index in [0.29, 0.717) is 6.07 Å². The Morgan fingerprint density at radius 2 is 2.05 bits per heavy atom. The van der Waals surface area contributed by atoms with Gasteiger partial charge in [0.25, 0.3) is 0 Å². The lowest BCUT2D eigenvalue weighted by Gasteiger charge is -2.09. The van der Waals surface area contributed by atoms with Crippen LogP contribution in [-0.2, 0) is 9.53 Å². The zero-order chi connectivity index (χ0) is 14.4. The summed E-state index contributed by atoms with van der Waals surface area (Å²) in [5, 5.41) is 4.34. The van der Waals surface area contributed by atoms with Gasteiger partial charge in [0.05, 0.1) is 12.3 Å². The quantitative estimate of drug-likeness (QED) is 0.829. The molecule has 0 atom stereocenters. The van der Waals surface area contributed by atoms with Crippen LogP contribution < -0.4 is 10.6 Å². The highest BCUT2D eigenvalue weighted by Crippen LogP contribution is 2.26. The van der Waals surface area contributed by atoms with Crippen LogP contribution in [0, 0.1) is 11.6 Å². The number of rotatable bonds is 4. The Hall–Kier alpha value is -1.70. The van der Waals surface area contributed by atoms with Gasteiger partial charge in [0.15, 0.2) is 5.82 Å². The minimum atomic E-state index is -0.932. The van der Waals surface area contributed by atoms with Crippen LogP contribution >= 0.6 is 15.9 Å². The Bertz CT molecular complexity index is 474. The molecule has 2 amide bonds. The van der Waals surface area contributed by atoms with Gasteiger partial charge in [0.2, 0.25) is 0 Å². The predicted molar refractivity (Wildman–Crippen MR) is 67.7 cm³/mol. The summed E-state index contributed by atoms with van der Waals surface area (Å²) in [6, 6.07) is 0.828. The molecule has 104 valence electrons. The van der Waals surface area contributed by atoms with Crippen molar-refractivity contribution in [3.05, 3.63) is 28.2 Å². The van der Waals surface area contributed by atoms with Gasteiger partial charge in [-0.2, -0.15) is 0 Å². The fraction of sp³-hybridized carbons (Fsp3) is 0.273. The molecule has 0 aliphatic rings. The minimum Gasteiger partial charge on any atom is -0.465 e. The number of hydrogen-bond acceptors (Lipinski definition) is 3. The lowest BCUT2D eigenvalue weighted by Crippen LogP contribution is -2.34. The monoisotopic (exact) mass is 336 g/mol. The summed E-state index contributed by atoms with van der Waals surface area (Å²) in [5.74, 6) is -2.32. The summed E-state index contributed by atoms with van der Waals surface area (Å²) < 4.78 is 30.9. The number of amides is 2. The number of anilines is 1. The molecule has 0 aliphatic heterocycles. The van der Waals surface area contributed by atoms with Crippen molar-refractivity contribution in [2.45, 2.75) is 6.92 Å². The Morgan fingerprint density at radius 3 is 2.63 bits per heavy atom. The van der Waals surface area contributed by atoms with Gasteiger partial charge in [-0.1, -0.05) is 0 Å². The second-order valence-electron chi connectivity index (χ2n) is 3.36. The smallest absolute Gasteiger partial charge is 0.325 e. The molecule has 8 heteroatoms. The molecule has 0 heterocycles. The Balaban J connectivity index is 2.60. The molecular weight excluding hydrogens is 326 g/mol. The van der Waals surface area contributed by atoms with E-state index in [0.717, 1.165) is 6.07 Å². The summed E-state index contributed by atoms with van der Waals surface area (Å²) in [4.78, 5) is 22.4. The number of esters is 1. The van der Waals surface area contributed by atoms with Crippen molar-refractivity contribution >= 4 is 33.6 Å². The summed E-state index contributed by atoms with van der Waals surface area (Å²) >= 11 is 2.92. The maximum absolute atomic E-state index is 13.4. The molecule has 0 saturated heterocycles. The molecule has 0 spiro atoms. The van der Waals surface area contributed by atoms with Crippen LogP contribution in [0.25, 0.3) is 0 Å². The van der Waals surface area contributed by atoms with E-state index < -0.39 is 23.6 Å². The molecule has 0 fully saturated rings. The van der Waals surface area contributed by atoms with Gasteiger partial charge >= 0.3 is 12.0 Å². The number of carbonyl (C=O) groups excluding carboxylic acids is 2. The number of benzene rings is 1. The van der Waals surface area contributed by atoms with Crippen LogP contribution in [0.3, 0.4) is 0 Å². The van der Waals surface area contributed by atoms with E-state index in [2.05, 4.69) is 31.3 Å². The second-order valence-corrected chi connectivity index (χ2v) is 4.21. The first-order valence-electron chi connectivity index (χ1n) is 5.29. The lowest BCUT2D eigenvalue weighted by atomic mass is 10.3. The van der Waals surface area contributed by atoms with Gasteiger partial charge in [-0.15, -0.1) is 0 Å². The Labute approximate surface area is 116 Å². The number of nitrogens with one attached hydrogen (secondary N) is 2. The first kappa shape index (κ1) is 15.4. The summed E-state index contributed by atoms with van der Waals surface area (Å²) in [6.07, 6.45) is 0. The maximum atomic E-state index is 13.4. The molecule has 5 nitrogen and oxygen atoms in total. The van der Waals surface area contributed by atoms with Crippen molar-refractivity contribution in [1.29, 1.82) is 0 Å². The van der Waals surface area contributed by atoms with E-state index in [1.165, 1.54) is 0 Å². The Morgan fingerprint density at radius 1 is 1.37 bits per heavy atom. The van der Waals surface area contributed by atoms with Crippen LogP contribution in [0.15, 0.2) is 16.6 Å². The van der Waals surface area contributed by atoms with Crippen LogP contribution in [0.2, 0.25) is 0 Å². The molecular formula is C11H11BrF2N2O3. The molecule has 2 N–H and O–H groups in total. The summed E-state index contributed by atoms with van der Waals surface area (Å²) in [6.45, 7) is 1.48. The SMILES string of the molecule is CCOC(=O)CNC(=O)Nc1c(F)cc(F)cc1Br. The van der Waals surface area contributed by atoms with Gasteiger partial charge in [-0.3, -0.25) is 4.79 Å². The van der Waals surface area contributed by atoms with E-state index in [4.69, 9.17) is 0 Å². The van der Waals surface area contributed by atoms with Gasteiger partial charge in [0.1, 0.15) is 12.4 Å². The zero-order valence-corrected chi connectivity index (χ0v) is 11.5. The van der Waals surface area contributed by atoms with Crippen molar-refractivity contribution < 1.29 is 23.1 Å². The number of halogens is 3. The van der Waals surface area contributed by atoms with E-state index in [1.807, 2.05) is 0 Å².